The normalized spacial score (nSPS) is 15.0. The van der Waals surface area contributed by atoms with Crippen LogP contribution in [0.1, 0.15) is 43.5 Å². The second-order valence-corrected chi connectivity index (χ2v) is 6.78. The Morgan fingerprint density at radius 1 is 1.08 bits per heavy atom. The lowest BCUT2D eigenvalue weighted by Gasteiger charge is -2.20. The summed E-state index contributed by atoms with van der Waals surface area (Å²) in [5.74, 6) is 1.28. The minimum absolute atomic E-state index is 0.361. The summed E-state index contributed by atoms with van der Waals surface area (Å²) in [7, 11) is 1.59. The Balaban J connectivity index is 1.59. The molecule has 0 amide bonds. The number of aromatic nitrogens is 5. The molecule has 0 unspecified atom stereocenters. The van der Waals surface area contributed by atoms with E-state index >= 15 is 0 Å². The van der Waals surface area contributed by atoms with Crippen LogP contribution >= 0.6 is 0 Å². The lowest BCUT2D eigenvalue weighted by atomic mass is 10.2. The van der Waals surface area contributed by atoms with Crippen LogP contribution in [0.2, 0.25) is 0 Å². The van der Waals surface area contributed by atoms with Gasteiger partial charge in [-0.05, 0) is 39.2 Å². The van der Waals surface area contributed by atoms with Gasteiger partial charge in [-0.15, -0.1) is 0 Å². The summed E-state index contributed by atoms with van der Waals surface area (Å²) < 4.78 is 7.30. The molecule has 1 N–H and O–H groups in total. The maximum Gasteiger partial charge on any atom is 0.322 e. The number of hydrogen-bond acceptors (Lipinski definition) is 7. The molecule has 26 heavy (non-hydrogen) atoms. The molecule has 1 aliphatic heterocycles. The molecule has 8 nitrogen and oxygen atoms in total. The molecule has 2 aromatic rings. The zero-order valence-electron chi connectivity index (χ0n) is 16.0. The molecular weight excluding hydrogens is 330 g/mol. The number of hydrogen-bond donors (Lipinski definition) is 1. The number of anilines is 2. The highest BCUT2D eigenvalue weighted by atomic mass is 16.5. The van der Waals surface area contributed by atoms with Crippen LogP contribution in [0.5, 0.6) is 6.01 Å². The Bertz CT molecular complexity index is 708. The van der Waals surface area contributed by atoms with E-state index in [9.17, 15) is 0 Å². The molecular formula is C18H29N7O. The fraction of sp³-hybridized carbons (Fsp3) is 0.667. The molecule has 0 radical (unpaired) electrons. The Labute approximate surface area is 155 Å². The molecule has 142 valence electrons. The quantitative estimate of drug-likeness (QED) is 0.761. The van der Waals surface area contributed by atoms with Crippen molar-refractivity contribution < 1.29 is 4.74 Å². The maximum absolute atomic E-state index is 5.27. The summed E-state index contributed by atoms with van der Waals surface area (Å²) in [4.78, 5) is 15.6. The van der Waals surface area contributed by atoms with Crippen molar-refractivity contribution in [2.45, 2.75) is 52.5 Å². The van der Waals surface area contributed by atoms with Crippen molar-refractivity contribution in [3.05, 3.63) is 17.5 Å². The van der Waals surface area contributed by atoms with Gasteiger partial charge in [0.1, 0.15) is 0 Å². The topological polar surface area (TPSA) is 81.0 Å². The fourth-order valence-electron chi connectivity index (χ4n) is 3.26. The summed E-state index contributed by atoms with van der Waals surface area (Å²) in [5.41, 5.74) is 2.24. The summed E-state index contributed by atoms with van der Waals surface area (Å²) in [6.07, 6.45) is 5.85. The molecule has 0 aromatic carbocycles. The van der Waals surface area contributed by atoms with Crippen molar-refractivity contribution in [2.75, 3.05) is 37.0 Å². The van der Waals surface area contributed by atoms with E-state index in [4.69, 9.17) is 4.74 Å². The van der Waals surface area contributed by atoms with E-state index in [1.807, 2.05) is 11.6 Å². The Morgan fingerprint density at radius 2 is 1.85 bits per heavy atom. The Hall–Kier alpha value is -2.38. The Morgan fingerprint density at radius 3 is 2.50 bits per heavy atom. The van der Waals surface area contributed by atoms with E-state index in [0.717, 1.165) is 38.3 Å². The van der Waals surface area contributed by atoms with E-state index in [1.54, 1.807) is 7.11 Å². The first-order chi connectivity index (χ1) is 12.7. The number of nitrogens with zero attached hydrogens (tertiary/aromatic N) is 6. The third-order valence-electron chi connectivity index (χ3n) is 4.61. The van der Waals surface area contributed by atoms with Gasteiger partial charge >= 0.3 is 6.01 Å². The number of aryl methyl sites for hydroxylation is 3. The molecule has 0 atom stereocenters. The highest BCUT2D eigenvalue weighted by molar-refractivity contribution is 5.38. The first-order valence-corrected chi connectivity index (χ1v) is 9.45. The predicted octanol–water partition coefficient (Wildman–Crippen LogP) is 2.58. The van der Waals surface area contributed by atoms with E-state index in [0.29, 0.717) is 17.9 Å². The molecule has 3 heterocycles. The van der Waals surface area contributed by atoms with Crippen molar-refractivity contribution in [1.29, 1.82) is 0 Å². The van der Waals surface area contributed by atoms with Crippen LogP contribution in [0, 0.1) is 13.8 Å². The van der Waals surface area contributed by atoms with Gasteiger partial charge in [-0.2, -0.15) is 20.1 Å². The van der Waals surface area contributed by atoms with Gasteiger partial charge in [0, 0.05) is 31.9 Å². The fourth-order valence-corrected chi connectivity index (χ4v) is 3.26. The molecule has 8 heteroatoms. The standard InChI is InChI=1S/C18H29N7O/c1-14-13-15(2)25(23-14)12-8-9-19-16-20-17(22-18(21-16)26-3)24-10-6-4-5-7-11-24/h13H,4-12H2,1-3H3,(H,19,20,21,22). The third-order valence-corrected chi connectivity index (χ3v) is 4.61. The van der Waals surface area contributed by atoms with Crippen LogP contribution in [0.4, 0.5) is 11.9 Å². The van der Waals surface area contributed by atoms with Gasteiger partial charge in [-0.3, -0.25) is 4.68 Å². The van der Waals surface area contributed by atoms with E-state index in [2.05, 4.69) is 43.3 Å². The highest BCUT2D eigenvalue weighted by Crippen LogP contribution is 2.19. The summed E-state index contributed by atoms with van der Waals surface area (Å²) in [5, 5.41) is 7.79. The van der Waals surface area contributed by atoms with Crippen LogP contribution < -0.4 is 15.0 Å². The van der Waals surface area contributed by atoms with Crippen LogP contribution in [-0.2, 0) is 6.54 Å². The zero-order chi connectivity index (χ0) is 18.4. The van der Waals surface area contributed by atoms with E-state index < -0.39 is 0 Å². The summed E-state index contributed by atoms with van der Waals surface area (Å²) in [6, 6.07) is 2.46. The average Bonchev–Trinajstić information content (AvgIpc) is 2.83. The first kappa shape index (κ1) is 18.4. The largest absolute Gasteiger partial charge is 0.467 e. The number of rotatable bonds is 7. The molecule has 1 fully saturated rings. The minimum Gasteiger partial charge on any atom is -0.467 e. The summed E-state index contributed by atoms with van der Waals surface area (Å²) in [6.45, 7) is 7.72. The zero-order valence-corrected chi connectivity index (χ0v) is 16.0. The lowest BCUT2D eigenvalue weighted by Crippen LogP contribution is -2.27. The van der Waals surface area contributed by atoms with E-state index in [1.165, 1.54) is 31.4 Å². The van der Waals surface area contributed by atoms with Crippen LogP contribution in [0.25, 0.3) is 0 Å². The van der Waals surface area contributed by atoms with Crippen LogP contribution in [0.3, 0.4) is 0 Å². The second kappa shape index (κ2) is 8.82. The van der Waals surface area contributed by atoms with Crippen molar-refractivity contribution >= 4 is 11.9 Å². The molecule has 1 aliphatic rings. The van der Waals surface area contributed by atoms with Crippen molar-refractivity contribution in [3.8, 4) is 6.01 Å². The van der Waals surface area contributed by atoms with Gasteiger partial charge in [0.05, 0.1) is 12.8 Å². The van der Waals surface area contributed by atoms with Crippen molar-refractivity contribution in [3.63, 3.8) is 0 Å². The molecule has 0 bridgehead atoms. The van der Waals surface area contributed by atoms with Gasteiger partial charge in [0.2, 0.25) is 11.9 Å². The minimum atomic E-state index is 0.361. The van der Waals surface area contributed by atoms with Crippen molar-refractivity contribution in [1.82, 2.24) is 24.7 Å². The van der Waals surface area contributed by atoms with Gasteiger partial charge in [0.25, 0.3) is 0 Å². The summed E-state index contributed by atoms with van der Waals surface area (Å²) >= 11 is 0. The van der Waals surface area contributed by atoms with Gasteiger partial charge in [-0.1, -0.05) is 12.8 Å². The monoisotopic (exact) mass is 359 g/mol. The Kier molecular flexibility index (Phi) is 6.25. The molecule has 1 saturated heterocycles. The third kappa shape index (κ3) is 4.83. The van der Waals surface area contributed by atoms with Gasteiger partial charge in [-0.25, -0.2) is 0 Å². The second-order valence-electron chi connectivity index (χ2n) is 6.78. The number of ether oxygens (including phenoxy) is 1. The average molecular weight is 359 g/mol. The smallest absolute Gasteiger partial charge is 0.322 e. The predicted molar refractivity (Wildman–Crippen MR) is 102 cm³/mol. The van der Waals surface area contributed by atoms with Crippen molar-refractivity contribution in [2.24, 2.45) is 0 Å². The SMILES string of the molecule is COc1nc(NCCCn2nc(C)cc2C)nc(N2CCCCCC2)n1. The van der Waals surface area contributed by atoms with Gasteiger partial charge in [0.15, 0.2) is 0 Å². The lowest BCUT2D eigenvalue weighted by molar-refractivity contribution is 0.378. The molecule has 0 spiro atoms. The molecule has 2 aromatic heterocycles. The maximum atomic E-state index is 5.27. The molecule has 0 saturated carbocycles. The van der Waals surface area contributed by atoms with Gasteiger partial charge < -0.3 is 15.0 Å². The molecule has 3 rings (SSSR count). The number of nitrogens with one attached hydrogen (secondary N) is 1. The van der Waals surface area contributed by atoms with Crippen LogP contribution in [-0.4, -0.2) is 51.5 Å². The van der Waals surface area contributed by atoms with Crippen LogP contribution in [0.15, 0.2) is 6.07 Å². The highest BCUT2D eigenvalue weighted by Gasteiger charge is 2.15. The first-order valence-electron chi connectivity index (χ1n) is 9.45. The number of methoxy groups -OCH3 is 1. The molecule has 0 aliphatic carbocycles. The van der Waals surface area contributed by atoms with E-state index in [-0.39, 0.29) is 0 Å².